The van der Waals surface area contributed by atoms with Gasteiger partial charge in [0, 0.05) is 13.2 Å². The molecule has 6 nitrogen and oxygen atoms in total. The monoisotopic (exact) mass is 406 g/mol. The van der Waals surface area contributed by atoms with Crippen molar-refractivity contribution in [2.45, 2.75) is 11.1 Å². The largest absolute Gasteiger partial charge is 0.435 e. The molecule has 0 atom stereocenters. The molecule has 0 spiro atoms. The molecule has 0 aliphatic rings. The van der Waals surface area contributed by atoms with Gasteiger partial charge in [-0.2, -0.15) is 18.3 Å². The van der Waals surface area contributed by atoms with Crippen molar-refractivity contribution < 1.29 is 21.6 Å². The Morgan fingerprint density at radius 3 is 2.36 bits per heavy atom. The number of hydrogen-bond acceptors (Lipinski definition) is 4. The molecule has 3 aromatic heterocycles. The smallest absolute Gasteiger partial charge is 0.266 e. The number of alkyl halides is 3. The standard InChI is InChI=1S/C18H13F3N4O2S/c1-24-16(11-17(23-24)18(19,20)21)13-7-8-15-14(22-13)9-10-25(15)28(26,27)12-5-3-2-4-6-12/h2-11H,1H3. The molecule has 0 N–H and O–H groups in total. The van der Waals surface area contributed by atoms with Crippen LogP contribution in [0.15, 0.2) is 65.7 Å². The fraction of sp³-hybridized carbons (Fsp3) is 0.111. The quantitative estimate of drug-likeness (QED) is 0.520. The van der Waals surface area contributed by atoms with Crippen molar-refractivity contribution in [2.24, 2.45) is 7.05 Å². The highest BCUT2D eigenvalue weighted by Gasteiger charge is 2.35. The van der Waals surface area contributed by atoms with Crippen LogP contribution in [-0.2, 0) is 23.2 Å². The van der Waals surface area contributed by atoms with Crippen LogP contribution in [0.3, 0.4) is 0 Å². The normalized spacial score (nSPS) is 12.6. The third kappa shape index (κ3) is 2.95. The third-order valence-corrected chi connectivity index (χ3v) is 5.94. The highest BCUT2D eigenvalue weighted by molar-refractivity contribution is 7.90. The first-order valence-corrected chi connectivity index (χ1v) is 9.52. The summed E-state index contributed by atoms with van der Waals surface area (Å²) in [6.07, 6.45) is -3.19. The van der Waals surface area contributed by atoms with E-state index in [9.17, 15) is 21.6 Å². The highest BCUT2D eigenvalue weighted by atomic mass is 32.2. The summed E-state index contributed by atoms with van der Waals surface area (Å²) in [4.78, 5) is 4.44. The predicted octanol–water partition coefficient (Wildman–Crippen LogP) is 3.69. The number of pyridine rings is 1. The molecule has 0 unspecified atom stereocenters. The Morgan fingerprint density at radius 1 is 1.00 bits per heavy atom. The Morgan fingerprint density at radius 2 is 1.71 bits per heavy atom. The van der Waals surface area contributed by atoms with Crippen molar-refractivity contribution in [2.75, 3.05) is 0 Å². The molecule has 144 valence electrons. The Labute approximate surface area is 157 Å². The van der Waals surface area contributed by atoms with Gasteiger partial charge in [-0.25, -0.2) is 17.4 Å². The zero-order chi connectivity index (χ0) is 20.1. The van der Waals surface area contributed by atoms with Crippen LogP contribution in [0.2, 0.25) is 0 Å². The van der Waals surface area contributed by atoms with E-state index >= 15 is 0 Å². The van der Waals surface area contributed by atoms with E-state index in [1.54, 1.807) is 18.2 Å². The van der Waals surface area contributed by atoms with Gasteiger partial charge in [0.1, 0.15) is 0 Å². The molecule has 0 saturated heterocycles. The second-order valence-electron chi connectivity index (χ2n) is 6.07. The molecule has 10 heteroatoms. The lowest BCUT2D eigenvalue weighted by Gasteiger charge is -2.08. The summed E-state index contributed by atoms with van der Waals surface area (Å²) in [5.41, 5.74) is 0.0782. The van der Waals surface area contributed by atoms with E-state index < -0.39 is 21.9 Å². The average molecular weight is 406 g/mol. The molecular formula is C18H13F3N4O2S. The van der Waals surface area contributed by atoms with Gasteiger partial charge in [0.05, 0.1) is 27.3 Å². The molecule has 0 bridgehead atoms. The molecule has 0 radical (unpaired) electrons. The SMILES string of the molecule is Cn1nc(C(F)(F)F)cc1-c1ccc2c(ccn2S(=O)(=O)c2ccccc2)n1. The first kappa shape index (κ1) is 18.2. The van der Waals surface area contributed by atoms with Crippen molar-refractivity contribution in [1.82, 2.24) is 18.7 Å². The molecule has 0 aliphatic heterocycles. The first-order valence-electron chi connectivity index (χ1n) is 8.08. The van der Waals surface area contributed by atoms with E-state index in [1.165, 1.54) is 43.6 Å². The molecule has 0 aliphatic carbocycles. The molecular weight excluding hydrogens is 393 g/mol. The molecule has 3 heterocycles. The predicted molar refractivity (Wildman–Crippen MR) is 96.0 cm³/mol. The summed E-state index contributed by atoms with van der Waals surface area (Å²) in [5.74, 6) is 0. The molecule has 4 rings (SSSR count). The van der Waals surface area contributed by atoms with Gasteiger partial charge in [-0.1, -0.05) is 18.2 Å². The van der Waals surface area contributed by atoms with E-state index in [-0.39, 0.29) is 16.3 Å². The number of aryl methyl sites for hydroxylation is 1. The number of halogens is 3. The average Bonchev–Trinajstić information content (AvgIpc) is 3.25. The van der Waals surface area contributed by atoms with E-state index in [4.69, 9.17) is 0 Å². The number of aromatic nitrogens is 4. The lowest BCUT2D eigenvalue weighted by atomic mass is 10.2. The van der Waals surface area contributed by atoms with E-state index in [2.05, 4.69) is 10.1 Å². The highest BCUT2D eigenvalue weighted by Crippen LogP contribution is 2.31. The van der Waals surface area contributed by atoms with Crippen LogP contribution in [0.1, 0.15) is 5.69 Å². The number of fused-ring (bicyclic) bond motifs is 1. The summed E-state index contributed by atoms with van der Waals surface area (Å²) in [6, 6.07) is 13.3. The van der Waals surface area contributed by atoms with Crippen LogP contribution in [-0.4, -0.2) is 27.2 Å². The van der Waals surface area contributed by atoms with Crippen molar-refractivity contribution in [3.63, 3.8) is 0 Å². The number of hydrogen-bond donors (Lipinski definition) is 0. The second kappa shape index (κ2) is 6.20. The van der Waals surface area contributed by atoms with Crippen molar-refractivity contribution >= 4 is 21.1 Å². The van der Waals surface area contributed by atoms with Gasteiger partial charge in [-0.15, -0.1) is 0 Å². The minimum absolute atomic E-state index is 0.123. The van der Waals surface area contributed by atoms with Gasteiger partial charge >= 0.3 is 6.18 Å². The van der Waals surface area contributed by atoms with Gasteiger partial charge < -0.3 is 0 Å². The maximum absolute atomic E-state index is 12.9. The van der Waals surface area contributed by atoms with Gasteiger partial charge in [0.15, 0.2) is 5.69 Å². The van der Waals surface area contributed by atoms with Crippen molar-refractivity contribution in [1.29, 1.82) is 0 Å². The minimum atomic E-state index is -4.56. The van der Waals surface area contributed by atoms with E-state index in [1.807, 2.05) is 0 Å². The van der Waals surface area contributed by atoms with Crippen LogP contribution in [0.5, 0.6) is 0 Å². The zero-order valence-electron chi connectivity index (χ0n) is 14.4. The lowest BCUT2D eigenvalue weighted by molar-refractivity contribution is -0.141. The Bertz CT molecular complexity index is 1280. The Hall–Kier alpha value is -3.14. The fourth-order valence-corrected chi connectivity index (χ4v) is 4.26. The summed E-state index contributed by atoms with van der Waals surface area (Å²) < 4.78 is 66.5. The molecule has 1 aromatic carbocycles. The summed E-state index contributed by atoms with van der Waals surface area (Å²) in [7, 11) is -2.42. The van der Waals surface area contributed by atoms with Gasteiger partial charge in [-0.3, -0.25) is 4.68 Å². The van der Waals surface area contributed by atoms with E-state index in [0.29, 0.717) is 11.0 Å². The summed E-state index contributed by atoms with van der Waals surface area (Å²) in [5, 5.41) is 3.47. The Balaban J connectivity index is 1.81. The topological polar surface area (TPSA) is 69.8 Å². The summed E-state index contributed by atoms with van der Waals surface area (Å²) >= 11 is 0. The number of nitrogens with zero attached hydrogens (tertiary/aromatic N) is 4. The minimum Gasteiger partial charge on any atom is -0.266 e. The molecule has 0 amide bonds. The third-order valence-electron chi connectivity index (χ3n) is 4.24. The van der Waals surface area contributed by atoms with Crippen LogP contribution < -0.4 is 0 Å². The van der Waals surface area contributed by atoms with Gasteiger partial charge in [-0.05, 0) is 36.4 Å². The first-order chi connectivity index (χ1) is 13.2. The number of rotatable bonds is 3. The van der Waals surface area contributed by atoms with Crippen LogP contribution in [0.4, 0.5) is 13.2 Å². The molecule has 4 aromatic rings. The Kier molecular flexibility index (Phi) is 4.03. The number of benzene rings is 1. The molecule has 0 fully saturated rings. The molecule has 28 heavy (non-hydrogen) atoms. The zero-order valence-corrected chi connectivity index (χ0v) is 15.2. The van der Waals surface area contributed by atoms with Crippen LogP contribution in [0, 0.1) is 0 Å². The maximum Gasteiger partial charge on any atom is 0.435 e. The van der Waals surface area contributed by atoms with Crippen LogP contribution in [0.25, 0.3) is 22.4 Å². The van der Waals surface area contributed by atoms with Crippen molar-refractivity contribution in [3.05, 3.63) is 66.5 Å². The van der Waals surface area contributed by atoms with E-state index in [0.717, 1.165) is 14.7 Å². The van der Waals surface area contributed by atoms with Gasteiger partial charge in [0.2, 0.25) is 0 Å². The van der Waals surface area contributed by atoms with Crippen molar-refractivity contribution in [3.8, 4) is 11.4 Å². The van der Waals surface area contributed by atoms with Crippen LogP contribution >= 0.6 is 0 Å². The maximum atomic E-state index is 12.9. The lowest BCUT2D eigenvalue weighted by Crippen LogP contribution is -2.11. The summed E-state index contributed by atoms with van der Waals surface area (Å²) in [6.45, 7) is 0. The molecule has 0 saturated carbocycles. The van der Waals surface area contributed by atoms with Gasteiger partial charge in [0.25, 0.3) is 10.0 Å². The fourth-order valence-electron chi connectivity index (χ4n) is 2.90. The second-order valence-corrected chi connectivity index (χ2v) is 7.88.